The maximum absolute atomic E-state index is 12.8. The summed E-state index contributed by atoms with van der Waals surface area (Å²) in [4.78, 5) is 26.4. The number of hydrogen-bond donors (Lipinski definition) is 2. The lowest BCUT2D eigenvalue weighted by molar-refractivity contribution is -0.130. The van der Waals surface area contributed by atoms with Gasteiger partial charge in [0.2, 0.25) is 5.91 Å². The molecule has 0 aliphatic carbocycles. The molecule has 0 fully saturated rings. The van der Waals surface area contributed by atoms with E-state index in [1.165, 1.54) is 5.56 Å². The van der Waals surface area contributed by atoms with Crippen molar-refractivity contribution in [3.63, 3.8) is 0 Å². The highest BCUT2D eigenvalue weighted by Crippen LogP contribution is 2.28. The molecule has 1 aliphatic heterocycles. The van der Waals surface area contributed by atoms with Gasteiger partial charge in [0.1, 0.15) is 0 Å². The number of nitrogens with zero attached hydrogens (tertiary/aromatic N) is 3. The second kappa shape index (κ2) is 6.90. The molecule has 0 unspecified atom stereocenters. The summed E-state index contributed by atoms with van der Waals surface area (Å²) in [5.74, 6) is -0.0148. The van der Waals surface area contributed by atoms with Gasteiger partial charge in [0, 0.05) is 48.9 Å². The molecule has 2 N–H and O–H groups in total. The Kier molecular flexibility index (Phi) is 4.43. The predicted molar refractivity (Wildman–Crippen MR) is 102 cm³/mol. The van der Waals surface area contributed by atoms with Gasteiger partial charge in [0.15, 0.2) is 0 Å². The number of carbonyl (C=O) groups is 1. The van der Waals surface area contributed by atoms with Gasteiger partial charge in [-0.05, 0) is 13.3 Å². The Bertz CT molecular complexity index is 1030. The second-order valence-electron chi connectivity index (χ2n) is 7.00. The molecule has 0 bridgehead atoms. The fraction of sp³-hybridized carbons (Fsp3) is 0.350. The molecule has 7 nitrogen and oxygen atoms in total. The smallest absolute Gasteiger partial charge is 0.267 e. The van der Waals surface area contributed by atoms with E-state index in [-0.39, 0.29) is 17.9 Å². The molecule has 1 aromatic carbocycles. The van der Waals surface area contributed by atoms with Crippen molar-refractivity contribution in [2.75, 3.05) is 13.1 Å². The molecule has 27 heavy (non-hydrogen) atoms. The molecule has 1 aliphatic rings. The van der Waals surface area contributed by atoms with Gasteiger partial charge in [-0.1, -0.05) is 30.3 Å². The molecule has 3 heterocycles. The van der Waals surface area contributed by atoms with Crippen molar-refractivity contribution < 1.29 is 4.79 Å². The van der Waals surface area contributed by atoms with Crippen molar-refractivity contribution in [2.24, 2.45) is 7.05 Å². The van der Waals surface area contributed by atoms with Gasteiger partial charge in [-0.2, -0.15) is 5.10 Å². The summed E-state index contributed by atoms with van der Waals surface area (Å²) in [5, 5.41) is 10.0. The van der Waals surface area contributed by atoms with E-state index in [2.05, 4.69) is 22.3 Å². The van der Waals surface area contributed by atoms with Gasteiger partial charge in [0.25, 0.3) is 5.56 Å². The van der Waals surface area contributed by atoms with E-state index in [0.29, 0.717) is 18.7 Å². The number of aromatic nitrogens is 4. The lowest BCUT2D eigenvalue weighted by Gasteiger charge is -2.20. The number of amides is 1. The molecular weight excluding hydrogens is 342 g/mol. The summed E-state index contributed by atoms with van der Waals surface area (Å²) >= 11 is 0. The number of rotatable bonds is 3. The SMILES string of the molecule is Cc1[nH][nH]c(=O)c1CC(=O)N1CCc2nn(C)c(-c3ccccc3)c2CC1. The highest BCUT2D eigenvalue weighted by atomic mass is 16.2. The Balaban J connectivity index is 1.55. The van der Waals surface area contributed by atoms with Crippen LogP contribution < -0.4 is 5.56 Å². The van der Waals surface area contributed by atoms with E-state index in [0.717, 1.165) is 35.5 Å². The first-order valence-corrected chi connectivity index (χ1v) is 9.18. The lowest BCUT2D eigenvalue weighted by Crippen LogP contribution is -2.35. The lowest BCUT2D eigenvalue weighted by atomic mass is 10.0. The predicted octanol–water partition coefficient (Wildman–Crippen LogP) is 1.58. The Hall–Kier alpha value is -3.09. The second-order valence-corrected chi connectivity index (χ2v) is 7.00. The molecule has 0 spiro atoms. The Labute approximate surface area is 157 Å². The maximum Gasteiger partial charge on any atom is 0.267 e. The molecule has 0 radical (unpaired) electrons. The quantitative estimate of drug-likeness (QED) is 0.739. The molecular formula is C20H23N5O2. The summed E-state index contributed by atoms with van der Waals surface area (Å²) in [7, 11) is 1.97. The first kappa shape index (κ1) is 17.3. The van der Waals surface area contributed by atoms with Crippen LogP contribution in [-0.4, -0.2) is 43.9 Å². The van der Waals surface area contributed by atoms with Crippen molar-refractivity contribution in [3.05, 3.63) is 63.2 Å². The van der Waals surface area contributed by atoms with Gasteiger partial charge in [0.05, 0.1) is 17.8 Å². The largest absolute Gasteiger partial charge is 0.342 e. The molecule has 0 atom stereocenters. The summed E-state index contributed by atoms with van der Waals surface area (Å²) in [6.07, 6.45) is 1.62. The van der Waals surface area contributed by atoms with Crippen molar-refractivity contribution in [2.45, 2.75) is 26.2 Å². The van der Waals surface area contributed by atoms with E-state index in [1.807, 2.05) is 34.8 Å². The van der Waals surface area contributed by atoms with Crippen LogP contribution in [-0.2, 0) is 31.1 Å². The molecule has 0 saturated carbocycles. The Morgan fingerprint density at radius 3 is 2.59 bits per heavy atom. The number of H-pyrrole nitrogens is 2. The first-order chi connectivity index (χ1) is 13.0. The van der Waals surface area contributed by atoms with Crippen LogP contribution in [0.25, 0.3) is 11.3 Å². The first-order valence-electron chi connectivity index (χ1n) is 9.18. The van der Waals surface area contributed by atoms with Gasteiger partial charge in [-0.25, -0.2) is 0 Å². The third-order valence-electron chi connectivity index (χ3n) is 5.30. The fourth-order valence-electron chi connectivity index (χ4n) is 3.84. The topological polar surface area (TPSA) is 86.8 Å². The van der Waals surface area contributed by atoms with Crippen molar-refractivity contribution in [3.8, 4) is 11.3 Å². The minimum Gasteiger partial charge on any atom is -0.342 e. The summed E-state index contributed by atoms with van der Waals surface area (Å²) in [5.41, 5.74) is 5.57. The van der Waals surface area contributed by atoms with Crippen molar-refractivity contribution in [1.29, 1.82) is 0 Å². The van der Waals surface area contributed by atoms with Crippen LogP contribution in [0.2, 0.25) is 0 Å². The van der Waals surface area contributed by atoms with Crippen LogP contribution in [0.5, 0.6) is 0 Å². The molecule has 3 aromatic rings. The zero-order valence-corrected chi connectivity index (χ0v) is 15.6. The number of hydrogen-bond acceptors (Lipinski definition) is 3. The number of carbonyl (C=O) groups excluding carboxylic acids is 1. The molecule has 0 saturated heterocycles. The standard InChI is InChI=1S/C20H23N5O2/c1-13-16(20(27)22-21-13)12-18(26)25-10-8-15-17(9-11-25)23-24(2)19(15)14-6-4-3-5-7-14/h3-7H,8-12H2,1-2H3,(H2,21,22,27). The Morgan fingerprint density at radius 2 is 1.89 bits per heavy atom. The summed E-state index contributed by atoms with van der Waals surface area (Å²) < 4.78 is 1.94. The minimum absolute atomic E-state index is 0.0148. The maximum atomic E-state index is 12.8. The van der Waals surface area contributed by atoms with Crippen LogP contribution in [0.4, 0.5) is 0 Å². The average molecular weight is 365 g/mol. The number of aromatic amines is 2. The average Bonchev–Trinajstić information content (AvgIpc) is 3.06. The minimum atomic E-state index is -0.215. The van der Waals surface area contributed by atoms with E-state index in [9.17, 15) is 9.59 Å². The van der Waals surface area contributed by atoms with Gasteiger partial charge < -0.3 is 10.00 Å². The third kappa shape index (κ3) is 3.20. The van der Waals surface area contributed by atoms with Crippen LogP contribution >= 0.6 is 0 Å². The fourth-order valence-corrected chi connectivity index (χ4v) is 3.84. The van der Waals surface area contributed by atoms with Crippen LogP contribution in [0.15, 0.2) is 35.1 Å². The van der Waals surface area contributed by atoms with E-state index >= 15 is 0 Å². The molecule has 140 valence electrons. The molecule has 2 aromatic heterocycles. The van der Waals surface area contributed by atoms with Gasteiger partial charge >= 0.3 is 0 Å². The number of aryl methyl sites for hydroxylation is 2. The molecule has 7 heteroatoms. The van der Waals surface area contributed by atoms with Crippen LogP contribution in [0.1, 0.15) is 22.5 Å². The summed E-state index contributed by atoms with van der Waals surface area (Å²) in [6.45, 7) is 3.06. The summed E-state index contributed by atoms with van der Waals surface area (Å²) in [6, 6.07) is 10.2. The molecule has 4 rings (SSSR count). The van der Waals surface area contributed by atoms with Crippen LogP contribution in [0.3, 0.4) is 0 Å². The molecule has 1 amide bonds. The zero-order chi connectivity index (χ0) is 19.0. The Morgan fingerprint density at radius 1 is 1.15 bits per heavy atom. The van der Waals surface area contributed by atoms with Crippen LogP contribution in [0, 0.1) is 6.92 Å². The highest BCUT2D eigenvalue weighted by Gasteiger charge is 2.25. The zero-order valence-electron chi connectivity index (χ0n) is 15.6. The van der Waals surface area contributed by atoms with Gasteiger partial charge in [-0.3, -0.25) is 19.4 Å². The van der Waals surface area contributed by atoms with Crippen molar-refractivity contribution in [1.82, 2.24) is 24.9 Å². The highest BCUT2D eigenvalue weighted by molar-refractivity contribution is 5.79. The van der Waals surface area contributed by atoms with E-state index in [4.69, 9.17) is 5.10 Å². The number of fused-ring (bicyclic) bond motifs is 1. The number of benzene rings is 1. The van der Waals surface area contributed by atoms with Crippen molar-refractivity contribution >= 4 is 5.91 Å². The van der Waals surface area contributed by atoms with Gasteiger partial charge in [-0.15, -0.1) is 0 Å². The normalized spacial score (nSPS) is 14.1. The third-order valence-corrected chi connectivity index (χ3v) is 5.30. The monoisotopic (exact) mass is 365 g/mol. The number of nitrogens with one attached hydrogen (secondary N) is 2. The van der Waals surface area contributed by atoms with E-state index in [1.54, 1.807) is 6.92 Å². The van der Waals surface area contributed by atoms with E-state index < -0.39 is 0 Å².